The van der Waals surface area contributed by atoms with Crippen molar-refractivity contribution in [3.63, 3.8) is 0 Å². The fraction of sp³-hybridized carbons (Fsp3) is 0.105. The zero-order valence-electron chi connectivity index (χ0n) is 14.5. The Bertz CT molecular complexity index is 1060. The van der Waals surface area contributed by atoms with E-state index < -0.39 is 16.0 Å². The van der Waals surface area contributed by atoms with Gasteiger partial charge >= 0.3 is 5.97 Å². The predicted molar refractivity (Wildman–Crippen MR) is 103 cm³/mol. The number of thiophene rings is 1. The van der Waals surface area contributed by atoms with Gasteiger partial charge in [0, 0.05) is 4.88 Å². The van der Waals surface area contributed by atoms with Crippen LogP contribution in [0.2, 0.25) is 0 Å². The highest BCUT2D eigenvalue weighted by atomic mass is 32.2. The van der Waals surface area contributed by atoms with E-state index in [9.17, 15) is 17.6 Å². The van der Waals surface area contributed by atoms with Gasteiger partial charge < -0.3 is 9.47 Å². The summed E-state index contributed by atoms with van der Waals surface area (Å²) in [5, 5.41) is 5.02. The van der Waals surface area contributed by atoms with Crippen LogP contribution in [0.1, 0.15) is 9.67 Å². The molecule has 3 rings (SSSR count). The Labute approximate surface area is 165 Å². The normalized spacial score (nSPS) is 11.2. The molecule has 6 nitrogen and oxygen atoms in total. The number of hydrogen-bond donors (Lipinski definition) is 1. The second kappa shape index (κ2) is 8.51. The first-order valence-electron chi connectivity index (χ1n) is 8.11. The summed E-state index contributed by atoms with van der Waals surface area (Å²) >= 11 is 1.25. The van der Waals surface area contributed by atoms with Crippen LogP contribution >= 0.6 is 11.3 Å². The maximum atomic E-state index is 13.0. The molecular weight excluding hydrogens is 405 g/mol. The third-order valence-electron chi connectivity index (χ3n) is 3.67. The largest absolute Gasteiger partial charge is 0.490 e. The first-order valence-corrected chi connectivity index (χ1v) is 10.5. The molecule has 1 aromatic heterocycles. The monoisotopic (exact) mass is 421 g/mol. The summed E-state index contributed by atoms with van der Waals surface area (Å²) in [5.74, 6) is -0.371. The highest BCUT2D eigenvalue weighted by Gasteiger charge is 2.12. The molecule has 2 aromatic carbocycles. The van der Waals surface area contributed by atoms with Gasteiger partial charge in [-0.3, -0.25) is 0 Å². The molecule has 0 saturated carbocycles. The van der Waals surface area contributed by atoms with Crippen molar-refractivity contribution in [2.24, 2.45) is 5.14 Å². The van der Waals surface area contributed by atoms with Gasteiger partial charge in [0.05, 0.1) is 4.90 Å². The van der Waals surface area contributed by atoms with Gasteiger partial charge in [-0.15, -0.1) is 11.3 Å². The highest BCUT2D eigenvalue weighted by molar-refractivity contribution is 7.89. The third kappa shape index (κ3) is 5.16. The Hall–Kier alpha value is -2.75. The Morgan fingerprint density at radius 3 is 2.29 bits per heavy atom. The van der Waals surface area contributed by atoms with Gasteiger partial charge in [0.1, 0.15) is 29.7 Å². The lowest BCUT2D eigenvalue weighted by molar-refractivity contribution is 0.0456. The molecule has 28 heavy (non-hydrogen) atoms. The van der Waals surface area contributed by atoms with E-state index in [0.717, 1.165) is 10.4 Å². The molecule has 0 aliphatic rings. The number of benzene rings is 2. The number of hydrogen-bond acceptors (Lipinski definition) is 6. The van der Waals surface area contributed by atoms with Crippen LogP contribution in [0.15, 0.2) is 65.6 Å². The lowest BCUT2D eigenvalue weighted by atomic mass is 10.2. The van der Waals surface area contributed by atoms with Crippen molar-refractivity contribution in [3.05, 3.63) is 71.4 Å². The second-order valence-corrected chi connectivity index (χ2v) is 8.32. The molecule has 0 aliphatic carbocycles. The molecule has 1 heterocycles. The molecule has 2 N–H and O–H groups in total. The van der Waals surface area contributed by atoms with E-state index in [1.807, 2.05) is 0 Å². The second-order valence-electron chi connectivity index (χ2n) is 5.67. The van der Waals surface area contributed by atoms with Crippen LogP contribution in [0.3, 0.4) is 0 Å². The van der Waals surface area contributed by atoms with Crippen molar-refractivity contribution in [1.82, 2.24) is 0 Å². The van der Waals surface area contributed by atoms with Gasteiger partial charge in [0.15, 0.2) is 0 Å². The number of nitrogens with two attached hydrogens (primary N) is 1. The van der Waals surface area contributed by atoms with Gasteiger partial charge in [0.2, 0.25) is 10.0 Å². The Morgan fingerprint density at radius 2 is 1.64 bits per heavy atom. The SMILES string of the molecule is NS(=O)(=O)c1ccc(OCCOC(=O)c2ccc(-c3ccc(F)cc3)s2)cc1. The minimum absolute atomic E-state index is 0.0130. The number of sulfonamides is 1. The van der Waals surface area contributed by atoms with E-state index in [0.29, 0.717) is 10.6 Å². The molecule has 3 aromatic rings. The van der Waals surface area contributed by atoms with Crippen molar-refractivity contribution >= 4 is 27.3 Å². The number of ether oxygens (including phenoxy) is 2. The van der Waals surface area contributed by atoms with E-state index in [-0.39, 0.29) is 23.9 Å². The van der Waals surface area contributed by atoms with Crippen molar-refractivity contribution in [2.45, 2.75) is 4.90 Å². The third-order valence-corrected chi connectivity index (χ3v) is 5.72. The number of carbonyl (C=O) groups excluding carboxylic acids is 1. The van der Waals surface area contributed by atoms with Gasteiger partial charge in [-0.1, -0.05) is 12.1 Å². The summed E-state index contributed by atoms with van der Waals surface area (Å²) in [6.45, 7) is 0.135. The van der Waals surface area contributed by atoms with E-state index in [4.69, 9.17) is 14.6 Å². The smallest absolute Gasteiger partial charge is 0.348 e. The average molecular weight is 421 g/mol. The topological polar surface area (TPSA) is 95.7 Å². The number of carbonyl (C=O) groups is 1. The summed E-state index contributed by atoms with van der Waals surface area (Å²) in [6, 6.07) is 15.0. The molecule has 0 amide bonds. The lowest BCUT2D eigenvalue weighted by Gasteiger charge is -2.07. The first-order chi connectivity index (χ1) is 13.3. The van der Waals surface area contributed by atoms with Crippen molar-refractivity contribution in [2.75, 3.05) is 13.2 Å². The van der Waals surface area contributed by atoms with E-state index in [1.54, 1.807) is 24.3 Å². The van der Waals surface area contributed by atoms with Crippen molar-refractivity contribution in [1.29, 1.82) is 0 Å². The van der Waals surface area contributed by atoms with E-state index >= 15 is 0 Å². The molecule has 0 spiro atoms. The van der Waals surface area contributed by atoms with Crippen LogP contribution in [0.5, 0.6) is 5.75 Å². The number of esters is 1. The summed E-state index contributed by atoms with van der Waals surface area (Å²) < 4.78 is 45.9. The molecule has 9 heteroatoms. The van der Waals surface area contributed by atoms with Crippen LogP contribution in [0, 0.1) is 5.82 Å². The predicted octanol–water partition coefficient (Wildman–Crippen LogP) is 3.44. The maximum absolute atomic E-state index is 13.0. The fourth-order valence-corrected chi connectivity index (χ4v) is 3.73. The summed E-state index contributed by atoms with van der Waals surface area (Å²) in [4.78, 5) is 13.3. The lowest BCUT2D eigenvalue weighted by Crippen LogP contribution is -2.13. The standard InChI is InChI=1S/C19H16FNO5S2/c20-14-3-1-13(2-4-14)17-9-10-18(27-17)19(22)26-12-11-25-15-5-7-16(8-6-15)28(21,23)24/h1-10H,11-12H2,(H2,21,23,24). The average Bonchev–Trinajstić information content (AvgIpc) is 3.15. The molecule has 0 saturated heterocycles. The molecule has 146 valence electrons. The van der Waals surface area contributed by atoms with Gasteiger partial charge in [-0.2, -0.15) is 0 Å². The van der Waals surface area contributed by atoms with Gasteiger partial charge in [-0.05, 0) is 54.1 Å². The van der Waals surface area contributed by atoms with Crippen molar-refractivity contribution in [3.8, 4) is 16.2 Å². The molecule has 0 fully saturated rings. The van der Waals surface area contributed by atoms with Crippen molar-refractivity contribution < 1.29 is 27.1 Å². The van der Waals surface area contributed by atoms with Gasteiger partial charge in [0.25, 0.3) is 0 Å². The van der Waals surface area contributed by atoms with Gasteiger partial charge in [-0.25, -0.2) is 22.7 Å². The Morgan fingerprint density at radius 1 is 0.964 bits per heavy atom. The Kier molecular flexibility index (Phi) is 6.08. The van der Waals surface area contributed by atoms with Crippen LogP contribution in [-0.2, 0) is 14.8 Å². The maximum Gasteiger partial charge on any atom is 0.348 e. The van der Waals surface area contributed by atoms with Crippen LogP contribution < -0.4 is 9.88 Å². The molecule has 0 aliphatic heterocycles. The quantitative estimate of drug-likeness (QED) is 0.466. The molecule has 0 atom stereocenters. The summed E-state index contributed by atoms with van der Waals surface area (Å²) in [6.07, 6.45) is 0. The molecule has 0 bridgehead atoms. The number of primary sulfonamides is 1. The molecular formula is C19H16FNO5S2. The summed E-state index contributed by atoms with van der Waals surface area (Å²) in [7, 11) is -3.75. The zero-order valence-corrected chi connectivity index (χ0v) is 16.1. The first kappa shape index (κ1) is 20.0. The minimum atomic E-state index is -3.75. The summed E-state index contributed by atoms with van der Waals surface area (Å²) in [5.41, 5.74) is 0.816. The Balaban J connectivity index is 1.49. The molecule has 0 unspecified atom stereocenters. The van der Waals surface area contributed by atoms with Crippen LogP contribution in [0.25, 0.3) is 10.4 Å². The minimum Gasteiger partial charge on any atom is -0.490 e. The zero-order chi connectivity index (χ0) is 20.1. The fourth-order valence-electron chi connectivity index (χ4n) is 2.31. The van der Waals surface area contributed by atoms with Crippen LogP contribution in [-0.4, -0.2) is 27.6 Å². The number of rotatable bonds is 7. The van der Waals surface area contributed by atoms with Crippen LogP contribution in [0.4, 0.5) is 4.39 Å². The molecule has 0 radical (unpaired) electrons. The highest BCUT2D eigenvalue weighted by Crippen LogP contribution is 2.28. The van der Waals surface area contributed by atoms with E-state index in [1.165, 1.54) is 47.7 Å². The van der Waals surface area contributed by atoms with E-state index in [2.05, 4.69) is 0 Å². The number of halogens is 1.